The lowest BCUT2D eigenvalue weighted by atomic mass is 10.3. The number of benzene rings is 1. The van der Waals surface area contributed by atoms with Crippen LogP contribution in [0.15, 0.2) is 23.1 Å². The maximum atomic E-state index is 5.56. The summed E-state index contributed by atoms with van der Waals surface area (Å²) in [4.78, 5) is 1.19. The average molecular weight is 263 g/mol. The van der Waals surface area contributed by atoms with Crippen molar-refractivity contribution in [3.8, 4) is 23.8 Å². The highest BCUT2D eigenvalue weighted by molar-refractivity contribution is 8.00. The summed E-state index contributed by atoms with van der Waals surface area (Å²) in [7, 11) is 0. The number of hydrogen-bond acceptors (Lipinski definition) is 4. The zero-order valence-electron chi connectivity index (χ0n) is 10.4. The summed E-state index contributed by atoms with van der Waals surface area (Å²) in [5, 5.41) is 3.66. The Bertz CT molecular complexity index is 442. The lowest BCUT2D eigenvalue weighted by Gasteiger charge is -2.19. The monoisotopic (exact) mass is 263 g/mol. The molecule has 3 nitrogen and oxygen atoms in total. The molecule has 4 heteroatoms. The zero-order chi connectivity index (χ0) is 12.8. The fourth-order valence-corrected chi connectivity index (χ4v) is 2.71. The van der Waals surface area contributed by atoms with E-state index in [4.69, 9.17) is 15.9 Å². The van der Waals surface area contributed by atoms with E-state index in [-0.39, 0.29) is 0 Å². The highest BCUT2D eigenvalue weighted by Crippen LogP contribution is 2.35. The Kier molecular flexibility index (Phi) is 4.80. The molecular formula is C14H17NO2S. The van der Waals surface area contributed by atoms with E-state index in [0.29, 0.717) is 25.0 Å². The zero-order valence-corrected chi connectivity index (χ0v) is 11.3. The molecule has 0 saturated heterocycles. The maximum Gasteiger partial charge on any atom is 0.162 e. The van der Waals surface area contributed by atoms with E-state index in [1.165, 1.54) is 4.90 Å². The van der Waals surface area contributed by atoms with Crippen LogP contribution >= 0.6 is 11.8 Å². The summed E-state index contributed by atoms with van der Waals surface area (Å²) < 4.78 is 11.1. The van der Waals surface area contributed by atoms with Gasteiger partial charge in [-0.2, -0.15) is 0 Å². The first-order valence-corrected chi connectivity index (χ1v) is 6.88. The first kappa shape index (κ1) is 13.1. The second-order valence-corrected chi connectivity index (χ2v) is 5.58. The molecule has 0 aromatic heterocycles. The highest BCUT2D eigenvalue weighted by atomic mass is 32.2. The van der Waals surface area contributed by atoms with Crippen molar-refractivity contribution < 1.29 is 9.47 Å². The van der Waals surface area contributed by atoms with Crippen molar-refractivity contribution in [1.29, 1.82) is 0 Å². The van der Waals surface area contributed by atoms with E-state index in [9.17, 15) is 0 Å². The Labute approximate surface area is 112 Å². The minimum atomic E-state index is 0.459. The minimum absolute atomic E-state index is 0.459. The smallest absolute Gasteiger partial charge is 0.162 e. The average Bonchev–Trinajstić information content (AvgIpc) is 2.39. The summed E-state index contributed by atoms with van der Waals surface area (Å²) in [6.45, 7) is 4.94. The fourth-order valence-electron chi connectivity index (χ4n) is 1.72. The van der Waals surface area contributed by atoms with Gasteiger partial charge in [0.2, 0.25) is 0 Å². The molecule has 2 rings (SSSR count). The molecule has 0 fully saturated rings. The SMILES string of the molecule is C#CCNCC(C)Sc1ccc2c(c1)OCCO2. The second kappa shape index (κ2) is 6.58. The molecule has 0 bridgehead atoms. The summed E-state index contributed by atoms with van der Waals surface area (Å²) in [5.41, 5.74) is 0. The maximum absolute atomic E-state index is 5.56. The Morgan fingerprint density at radius 3 is 2.94 bits per heavy atom. The van der Waals surface area contributed by atoms with E-state index in [0.717, 1.165) is 18.0 Å². The Balaban J connectivity index is 1.91. The molecule has 1 heterocycles. The molecule has 0 amide bonds. The summed E-state index contributed by atoms with van der Waals surface area (Å²) >= 11 is 1.80. The largest absolute Gasteiger partial charge is 0.486 e. The van der Waals surface area contributed by atoms with Crippen molar-refractivity contribution in [3.63, 3.8) is 0 Å². The van der Waals surface area contributed by atoms with Crippen molar-refractivity contribution in [2.75, 3.05) is 26.3 Å². The number of rotatable bonds is 5. The van der Waals surface area contributed by atoms with Crippen LogP contribution in [-0.2, 0) is 0 Å². The van der Waals surface area contributed by atoms with Crippen LogP contribution in [0.4, 0.5) is 0 Å². The fraction of sp³-hybridized carbons (Fsp3) is 0.429. The molecule has 1 aliphatic heterocycles. The molecule has 1 unspecified atom stereocenters. The number of nitrogens with one attached hydrogen (secondary N) is 1. The van der Waals surface area contributed by atoms with E-state index in [1.807, 2.05) is 12.1 Å². The van der Waals surface area contributed by atoms with Gasteiger partial charge in [0.05, 0.1) is 6.54 Å². The third-order valence-corrected chi connectivity index (χ3v) is 3.60. The standard InChI is InChI=1S/C14H17NO2S/c1-3-6-15-10-11(2)18-12-4-5-13-14(9-12)17-8-7-16-13/h1,4-5,9,11,15H,6-8,10H2,2H3. The summed E-state index contributed by atoms with van der Waals surface area (Å²) in [6, 6.07) is 6.07. The van der Waals surface area contributed by atoms with Crippen LogP contribution in [0.1, 0.15) is 6.92 Å². The van der Waals surface area contributed by atoms with Crippen LogP contribution in [0.5, 0.6) is 11.5 Å². The minimum Gasteiger partial charge on any atom is -0.486 e. The van der Waals surface area contributed by atoms with Gasteiger partial charge in [-0.25, -0.2) is 0 Å². The highest BCUT2D eigenvalue weighted by Gasteiger charge is 2.13. The van der Waals surface area contributed by atoms with Gasteiger partial charge in [0.15, 0.2) is 11.5 Å². The molecule has 1 N–H and O–H groups in total. The molecule has 1 aliphatic rings. The number of hydrogen-bond donors (Lipinski definition) is 1. The van der Waals surface area contributed by atoms with Crippen molar-refractivity contribution in [1.82, 2.24) is 5.32 Å². The van der Waals surface area contributed by atoms with Gasteiger partial charge in [0, 0.05) is 16.7 Å². The van der Waals surface area contributed by atoms with Crippen LogP contribution in [-0.4, -0.2) is 31.6 Å². The van der Waals surface area contributed by atoms with E-state index >= 15 is 0 Å². The predicted molar refractivity (Wildman–Crippen MR) is 74.5 cm³/mol. The van der Waals surface area contributed by atoms with Crippen LogP contribution in [0.25, 0.3) is 0 Å². The number of fused-ring (bicyclic) bond motifs is 1. The van der Waals surface area contributed by atoms with Crippen LogP contribution in [0.2, 0.25) is 0 Å². The Hall–Kier alpha value is -1.31. The molecule has 0 spiro atoms. The predicted octanol–water partition coefficient (Wildman–Crippen LogP) is 2.16. The molecule has 1 aromatic carbocycles. The molecule has 0 aliphatic carbocycles. The van der Waals surface area contributed by atoms with Gasteiger partial charge in [0.25, 0.3) is 0 Å². The Morgan fingerprint density at radius 1 is 1.39 bits per heavy atom. The number of thioether (sulfide) groups is 1. The molecular weight excluding hydrogens is 246 g/mol. The molecule has 0 saturated carbocycles. The quantitative estimate of drug-likeness (QED) is 0.501. The van der Waals surface area contributed by atoms with Crippen molar-refractivity contribution >= 4 is 11.8 Å². The van der Waals surface area contributed by atoms with Gasteiger partial charge in [0.1, 0.15) is 13.2 Å². The number of ether oxygens (including phenoxy) is 2. The number of terminal acetylenes is 1. The van der Waals surface area contributed by atoms with Crippen molar-refractivity contribution in [2.24, 2.45) is 0 Å². The van der Waals surface area contributed by atoms with Gasteiger partial charge in [-0.3, -0.25) is 0 Å². The van der Waals surface area contributed by atoms with E-state index < -0.39 is 0 Å². The van der Waals surface area contributed by atoms with Crippen LogP contribution < -0.4 is 14.8 Å². The van der Waals surface area contributed by atoms with Gasteiger partial charge < -0.3 is 14.8 Å². The lowest BCUT2D eigenvalue weighted by Crippen LogP contribution is -2.22. The van der Waals surface area contributed by atoms with Gasteiger partial charge >= 0.3 is 0 Å². The normalized spacial score (nSPS) is 14.9. The van der Waals surface area contributed by atoms with E-state index in [1.54, 1.807) is 11.8 Å². The van der Waals surface area contributed by atoms with Crippen molar-refractivity contribution in [3.05, 3.63) is 18.2 Å². The topological polar surface area (TPSA) is 30.5 Å². The first-order valence-electron chi connectivity index (χ1n) is 6.00. The van der Waals surface area contributed by atoms with Gasteiger partial charge in [-0.05, 0) is 18.2 Å². The molecule has 0 radical (unpaired) electrons. The summed E-state index contributed by atoms with van der Waals surface area (Å²) in [5.74, 6) is 4.25. The van der Waals surface area contributed by atoms with E-state index in [2.05, 4.69) is 24.2 Å². The summed E-state index contributed by atoms with van der Waals surface area (Å²) in [6.07, 6.45) is 5.19. The van der Waals surface area contributed by atoms with Crippen molar-refractivity contribution in [2.45, 2.75) is 17.1 Å². The second-order valence-electron chi connectivity index (χ2n) is 4.07. The molecule has 96 valence electrons. The molecule has 18 heavy (non-hydrogen) atoms. The Morgan fingerprint density at radius 2 is 2.17 bits per heavy atom. The third-order valence-electron chi connectivity index (χ3n) is 2.51. The first-order chi connectivity index (χ1) is 8.79. The van der Waals surface area contributed by atoms with Crippen LogP contribution in [0.3, 0.4) is 0 Å². The van der Waals surface area contributed by atoms with Crippen LogP contribution in [0, 0.1) is 12.3 Å². The van der Waals surface area contributed by atoms with Gasteiger partial charge in [-0.1, -0.05) is 12.8 Å². The third kappa shape index (κ3) is 3.59. The molecule has 1 aromatic rings. The lowest BCUT2D eigenvalue weighted by molar-refractivity contribution is 0.171. The molecule has 1 atom stereocenters. The van der Waals surface area contributed by atoms with Gasteiger partial charge in [-0.15, -0.1) is 18.2 Å².